The number of hydrogen-bond donors (Lipinski definition) is 2. The van der Waals surface area contributed by atoms with Crippen LogP contribution in [0.1, 0.15) is 11.1 Å². The fourth-order valence-electron chi connectivity index (χ4n) is 1.92. The number of rotatable bonds is 2. The zero-order valence-electron chi connectivity index (χ0n) is 9.43. The van der Waals surface area contributed by atoms with Crippen LogP contribution < -0.4 is 0 Å². The van der Waals surface area contributed by atoms with E-state index in [9.17, 15) is 9.90 Å². The van der Waals surface area contributed by atoms with Gasteiger partial charge >= 0.3 is 6.09 Å². The molecule has 2 rings (SSSR count). The number of phenols is 1. The Morgan fingerprint density at radius 3 is 3.00 bits per heavy atom. The smallest absolute Gasteiger partial charge is 0.410 e. The van der Waals surface area contributed by atoms with E-state index in [0.29, 0.717) is 13.1 Å². The molecule has 1 amide bonds. The molecule has 1 aliphatic heterocycles. The fraction of sp³-hybridized carbons (Fsp3) is 0.417. The van der Waals surface area contributed by atoms with Crippen LogP contribution in [-0.4, -0.2) is 41.0 Å². The van der Waals surface area contributed by atoms with E-state index in [-0.39, 0.29) is 19.0 Å². The molecule has 1 heterocycles. The first-order valence-electron chi connectivity index (χ1n) is 5.54. The van der Waals surface area contributed by atoms with E-state index < -0.39 is 6.09 Å². The molecule has 0 aliphatic carbocycles. The zero-order chi connectivity index (χ0) is 12.3. The lowest BCUT2D eigenvalue weighted by atomic mass is 10.00. The van der Waals surface area contributed by atoms with Gasteiger partial charge in [-0.3, -0.25) is 0 Å². The quantitative estimate of drug-likeness (QED) is 0.801. The molecule has 0 atom stereocenters. The second kappa shape index (κ2) is 5.05. The number of carbonyl (C=O) groups is 1. The lowest BCUT2D eigenvalue weighted by Gasteiger charge is -2.28. The molecule has 0 saturated carbocycles. The zero-order valence-corrected chi connectivity index (χ0v) is 9.43. The Balaban J connectivity index is 2.04. The molecule has 0 radical (unpaired) electrons. The Labute approximate surface area is 99.2 Å². The third kappa shape index (κ3) is 2.68. The van der Waals surface area contributed by atoms with Crippen LogP contribution >= 0.6 is 0 Å². The summed E-state index contributed by atoms with van der Waals surface area (Å²) in [5.41, 5.74) is 2.09. The molecule has 0 aromatic heterocycles. The molecule has 5 nitrogen and oxygen atoms in total. The van der Waals surface area contributed by atoms with Crippen molar-refractivity contribution in [2.45, 2.75) is 13.0 Å². The Bertz CT molecular complexity index is 419. The van der Waals surface area contributed by atoms with Gasteiger partial charge in [-0.2, -0.15) is 0 Å². The highest BCUT2D eigenvalue weighted by Gasteiger charge is 2.21. The van der Waals surface area contributed by atoms with Gasteiger partial charge in [-0.25, -0.2) is 4.79 Å². The van der Waals surface area contributed by atoms with Crippen molar-refractivity contribution in [2.75, 3.05) is 19.8 Å². The normalized spacial score (nSPS) is 14.3. The molecule has 0 bridgehead atoms. The van der Waals surface area contributed by atoms with Crippen molar-refractivity contribution < 1.29 is 19.7 Å². The summed E-state index contributed by atoms with van der Waals surface area (Å²) in [5, 5.41) is 18.0. The van der Waals surface area contributed by atoms with Crippen LogP contribution in [0.4, 0.5) is 4.79 Å². The maximum absolute atomic E-state index is 11.6. The van der Waals surface area contributed by atoms with E-state index in [1.165, 1.54) is 0 Å². The van der Waals surface area contributed by atoms with Crippen molar-refractivity contribution in [2.24, 2.45) is 0 Å². The van der Waals surface area contributed by atoms with Gasteiger partial charge in [0.25, 0.3) is 0 Å². The molecular formula is C12H15NO4. The van der Waals surface area contributed by atoms with Gasteiger partial charge in [0.05, 0.1) is 6.61 Å². The summed E-state index contributed by atoms with van der Waals surface area (Å²) >= 11 is 0. The first-order chi connectivity index (χ1) is 8.20. The number of carbonyl (C=O) groups excluding carboxylic acids is 1. The minimum absolute atomic E-state index is 0.0161. The molecule has 0 fully saturated rings. The third-order valence-electron chi connectivity index (χ3n) is 2.78. The summed E-state index contributed by atoms with van der Waals surface area (Å²) < 4.78 is 4.85. The second-order valence-corrected chi connectivity index (χ2v) is 3.96. The van der Waals surface area contributed by atoms with Gasteiger partial charge in [0, 0.05) is 13.1 Å². The lowest BCUT2D eigenvalue weighted by molar-refractivity contribution is 0.0805. The minimum atomic E-state index is -0.423. The van der Waals surface area contributed by atoms with Gasteiger partial charge < -0.3 is 19.8 Å². The average Bonchev–Trinajstić information content (AvgIpc) is 2.35. The first kappa shape index (κ1) is 11.7. The molecule has 0 saturated heterocycles. The van der Waals surface area contributed by atoms with E-state index in [1.807, 2.05) is 6.07 Å². The Morgan fingerprint density at radius 2 is 2.24 bits per heavy atom. The number of aliphatic hydroxyl groups excluding tert-OH is 1. The number of aliphatic hydroxyl groups is 1. The first-order valence-corrected chi connectivity index (χ1v) is 5.54. The predicted octanol–water partition coefficient (Wildman–Crippen LogP) is 0.879. The molecule has 1 aromatic carbocycles. The van der Waals surface area contributed by atoms with Gasteiger partial charge in [0.1, 0.15) is 12.4 Å². The third-order valence-corrected chi connectivity index (χ3v) is 2.78. The standard InChI is InChI=1S/C12H15NO4/c14-5-6-17-12(16)13-4-3-9-1-2-11(15)7-10(9)8-13/h1-2,7,14-15H,3-6,8H2. The van der Waals surface area contributed by atoms with E-state index in [2.05, 4.69) is 0 Å². The van der Waals surface area contributed by atoms with Crippen LogP contribution in [0.3, 0.4) is 0 Å². The number of hydrogen-bond acceptors (Lipinski definition) is 4. The molecular weight excluding hydrogens is 222 g/mol. The average molecular weight is 237 g/mol. The van der Waals surface area contributed by atoms with Crippen LogP contribution in [0, 0.1) is 0 Å². The van der Waals surface area contributed by atoms with Gasteiger partial charge in [-0.05, 0) is 29.7 Å². The topological polar surface area (TPSA) is 70.0 Å². The number of amides is 1. The summed E-state index contributed by atoms with van der Waals surface area (Å²) in [7, 11) is 0. The van der Waals surface area contributed by atoms with E-state index in [0.717, 1.165) is 17.5 Å². The Hall–Kier alpha value is -1.75. The number of nitrogens with zero attached hydrogens (tertiary/aromatic N) is 1. The van der Waals surface area contributed by atoms with Crippen molar-refractivity contribution >= 4 is 6.09 Å². The van der Waals surface area contributed by atoms with Crippen molar-refractivity contribution in [3.63, 3.8) is 0 Å². The number of phenolic OH excluding ortho intramolecular Hbond substituents is 1. The predicted molar refractivity (Wildman–Crippen MR) is 60.7 cm³/mol. The number of aromatic hydroxyl groups is 1. The summed E-state index contributed by atoms with van der Waals surface area (Å²) in [6, 6.07) is 5.19. The Morgan fingerprint density at radius 1 is 1.41 bits per heavy atom. The number of ether oxygens (including phenoxy) is 1. The van der Waals surface area contributed by atoms with Crippen molar-refractivity contribution in [1.29, 1.82) is 0 Å². The van der Waals surface area contributed by atoms with Crippen molar-refractivity contribution in [3.05, 3.63) is 29.3 Å². The summed E-state index contributed by atoms with van der Waals surface area (Å²) in [5.74, 6) is 0.203. The van der Waals surface area contributed by atoms with Crippen molar-refractivity contribution in [1.82, 2.24) is 4.90 Å². The molecule has 92 valence electrons. The molecule has 17 heavy (non-hydrogen) atoms. The van der Waals surface area contributed by atoms with Gasteiger partial charge in [-0.1, -0.05) is 6.07 Å². The molecule has 1 aliphatic rings. The van der Waals surface area contributed by atoms with Crippen LogP contribution in [0.2, 0.25) is 0 Å². The molecule has 0 spiro atoms. The van der Waals surface area contributed by atoms with E-state index in [4.69, 9.17) is 9.84 Å². The minimum Gasteiger partial charge on any atom is -0.508 e. The van der Waals surface area contributed by atoms with E-state index >= 15 is 0 Å². The van der Waals surface area contributed by atoms with Gasteiger partial charge in [0.2, 0.25) is 0 Å². The highest BCUT2D eigenvalue weighted by molar-refractivity contribution is 5.68. The maximum Gasteiger partial charge on any atom is 0.410 e. The van der Waals surface area contributed by atoms with Crippen LogP contribution in [0.5, 0.6) is 5.75 Å². The summed E-state index contributed by atoms with van der Waals surface area (Å²) in [6.45, 7) is 0.884. The summed E-state index contributed by atoms with van der Waals surface area (Å²) in [6.07, 6.45) is 0.331. The summed E-state index contributed by atoms with van der Waals surface area (Å²) in [4.78, 5) is 13.1. The molecule has 5 heteroatoms. The molecule has 2 N–H and O–H groups in total. The highest BCUT2D eigenvalue weighted by Crippen LogP contribution is 2.23. The highest BCUT2D eigenvalue weighted by atomic mass is 16.6. The largest absolute Gasteiger partial charge is 0.508 e. The molecule has 1 aromatic rings. The number of benzene rings is 1. The number of fused-ring (bicyclic) bond motifs is 1. The lowest BCUT2D eigenvalue weighted by Crippen LogP contribution is -2.36. The maximum atomic E-state index is 11.6. The fourth-order valence-corrected chi connectivity index (χ4v) is 1.92. The van der Waals surface area contributed by atoms with Crippen LogP contribution in [0.25, 0.3) is 0 Å². The SMILES string of the molecule is O=C(OCCO)N1CCc2ccc(O)cc2C1. The van der Waals surface area contributed by atoms with Crippen molar-refractivity contribution in [3.8, 4) is 5.75 Å². The van der Waals surface area contributed by atoms with E-state index in [1.54, 1.807) is 17.0 Å². The van der Waals surface area contributed by atoms with Gasteiger partial charge in [-0.15, -0.1) is 0 Å². The Kier molecular flexibility index (Phi) is 3.49. The molecule has 0 unspecified atom stereocenters. The van der Waals surface area contributed by atoms with Crippen LogP contribution in [-0.2, 0) is 17.7 Å². The monoisotopic (exact) mass is 237 g/mol. The van der Waals surface area contributed by atoms with Gasteiger partial charge in [0.15, 0.2) is 0 Å². The van der Waals surface area contributed by atoms with Crippen LogP contribution in [0.15, 0.2) is 18.2 Å². The second-order valence-electron chi connectivity index (χ2n) is 3.96.